The lowest BCUT2D eigenvalue weighted by Crippen LogP contribution is -2.32. The van der Waals surface area contributed by atoms with Gasteiger partial charge in [-0.05, 0) is 19.1 Å². The van der Waals surface area contributed by atoms with Crippen molar-refractivity contribution in [3.8, 4) is 5.75 Å². The second kappa shape index (κ2) is 4.13. The van der Waals surface area contributed by atoms with E-state index in [0.717, 1.165) is 42.7 Å². The maximum atomic E-state index is 5.63. The highest BCUT2D eigenvalue weighted by atomic mass is 16.5. The second-order valence-corrected chi connectivity index (χ2v) is 4.23. The van der Waals surface area contributed by atoms with Crippen LogP contribution in [0.3, 0.4) is 0 Å². The average Bonchev–Trinajstić information content (AvgIpc) is 2.75. The fraction of sp³-hybridized carbons (Fsp3) is 0.308. The van der Waals surface area contributed by atoms with Crippen molar-refractivity contribution in [3.63, 3.8) is 0 Å². The summed E-state index contributed by atoms with van der Waals surface area (Å²) < 4.78 is 5.63. The van der Waals surface area contributed by atoms with Gasteiger partial charge in [-0.15, -0.1) is 0 Å². The fourth-order valence-corrected chi connectivity index (χ4v) is 2.15. The lowest BCUT2D eigenvalue weighted by atomic mass is 10.2. The van der Waals surface area contributed by atoms with Crippen molar-refractivity contribution in [1.82, 2.24) is 9.97 Å². The first-order valence-electron chi connectivity index (χ1n) is 5.80. The fourth-order valence-electron chi connectivity index (χ4n) is 2.15. The number of nitrogens with zero attached hydrogens (tertiary/aromatic N) is 2. The summed E-state index contributed by atoms with van der Waals surface area (Å²) in [5.74, 6) is 1.93. The van der Waals surface area contributed by atoms with Crippen LogP contribution >= 0.6 is 0 Å². The molecule has 0 bridgehead atoms. The smallest absolute Gasteiger partial charge is 0.142 e. The molecule has 1 aliphatic heterocycles. The van der Waals surface area contributed by atoms with Crippen molar-refractivity contribution in [2.75, 3.05) is 18.1 Å². The number of benzene rings is 1. The molecule has 0 amide bonds. The molecule has 0 fully saturated rings. The van der Waals surface area contributed by atoms with E-state index in [1.165, 1.54) is 0 Å². The highest BCUT2D eigenvalue weighted by molar-refractivity contribution is 5.59. The van der Waals surface area contributed by atoms with Gasteiger partial charge in [-0.3, -0.25) is 0 Å². The van der Waals surface area contributed by atoms with Crippen molar-refractivity contribution in [2.24, 2.45) is 0 Å². The third kappa shape index (κ3) is 1.98. The third-order valence-corrected chi connectivity index (χ3v) is 2.94. The number of rotatable bonds is 2. The van der Waals surface area contributed by atoms with Gasteiger partial charge >= 0.3 is 0 Å². The zero-order valence-corrected chi connectivity index (χ0v) is 9.81. The molecule has 0 aliphatic carbocycles. The Morgan fingerprint density at radius 3 is 3.12 bits per heavy atom. The molecule has 1 aromatic carbocycles. The van der Waals surface area contributed by atoms with Gasteiger partial charge in [-0.2, -0.15) is 0 Å². The molecule has 1 aliphatic rings. The van der Waals surface area contributed by atoms with E-state index in [4.69, 9.17) is 4.74 Å². The Bertz CT molecular complexity index is 521. The Labute approximate surface area is 100 Å². The van der Waals surface area contributed by atoms with Crippen LogP contribution < -0.4 is 9.64 Å². The molecule has 4 heteroatoms. The zero-order valence-electron chi connectivity index (χ0n) is 9.81. The van der Waals surface area contributed by atoms with E-state index in [-0.39, 0.29) is 0 Å². The summed E-state index contributed by atoms with van der Waals surface area (Å²) in [6.45, 7) is 4.47. The van der Waals surface area contributed by atoms with Gasteiger partial charge in [-0.1, -0.05) is 12.1 Å². The molecule has 4 nitrogen and oxygen atoms in total. The van der Waals surface area contributed by atoms with Crippen LogP contribution in [-0.2, 0) is 6.54 Å². The summed E-state index contributed by atoms with van der Waals surface area (Å²) in [6.07, 6.45) is 1.90. The summed E-state index contributed by atoms with van der Waals surface area (Å²) in [5, 5.41) is 0. The van der Waals surface area contributed by atoms with Crippen molar-refractivity contribution in [2.45, 2.75) is 13.5 Å². The molecule has 88 valence electrons. The van der Waals surface area contributed by atoms with Crippen molar-refractivity contribution < 1.29 is 4.74 Å². The summed E-state index contributed by atoms with van der Waals surface area (Å²) in [5.41, 5.74) is 2.30. The summed E-state index contributed by atoms with van der Waals surface area (Å²) in [4.78, 5) is 9.80. The van der Waals surface area contributed by atoms with E-state index in [1.807, 2.05) is 31.3 Å². The molecule has 2 heterocycles. The van der Waals surface area contributed by atoms with Crippen LogP contribution in [-0.4, -0.2) is 23.1 Å². The molecule has 17 heavy (non-hydrogen) atoms. The monoisotopic (exact) mass is 229 g/mol. The van der Waals surface area contributed by atoms with Gasteiger partial charge in [0.25, 0.3) is 0 Å². The number of aromatic amines is 1. The number of nitrogens with one attached hydrogen (secondary N) is 1. The topological polar surface area (TPSA) is 41.2 Å². The molecule has 0 unspecified atom stereocenters. The van der Waals surface area contributed by atoms with Gasteiger partial charge < -0.3 is 14.6 Å². The zero-order chi connectivity index (χ0) is 11.7. The summed E-state index contributed by atoms with van der Waals surface area (Å²) >= 11 is 0. The summed E-state index contributed by atoms with van der Waals surface area (Å²) in [6, 6.07) is 8.15. The molecular formula is C13H15N3O. The number of fused-ring (bicyclic) bond motifs is 1. The van der Waals surface area contributed by atoms with Gasteiger partial charge in [-0.25, -0.2) is 4.98 Å². The molecule has 2 aromatic rings. The second-order valence-electron chi connectivity index (χ2n) is 4.23. The SMILES string of the molecule is Cc1ncc(CN2CCOc3ccccc32)[nH]1. The van der Waals surface area contributed by atoms with E-state index in [1.54, 1.807) is 0 Å². The molecule has 0 saturated heterocycles. The third-order valence-electron chi connectivity index (χ3n) is 2.94. The van der Waals surface area contributed by atoms with E-state index in [2.05, 4.69) is 20.9 Å². The van der Waals surface area contributed by atoms with E-state index in [9.17, 15) is 0 Å². The first-order valence-corrected chi connectivity index (χ1v) is 5.80. The predicted molar refractivity (Wildman–Crippen MR) is 66.3 cm³/mol. The largest absolute Gasteiger partial charge is 0.490 e. The quantitative estimate of drug-likeness (QED) is 0.857. The highest BCUT2D eigenvalue weighted by Crippen LogP contribution is 2.31. The van der Waals surface area contributed by atoms with Crippen molar-refractivity contribution in [1.29, 1.82) is 0 Å². The lowest BCUT2D eigenvalue weighted by Gasteiger charge is -2.30. The minimum atomic E-state index is 0.740. The molecule has 1 aromatic heterocycles. The Hall–Kier alpha value is -1.97. The van der Waals surface area contributed by atoms with Gasteiger partial charge in [0.1, 0.15) is 18.2 Å². The molecule has 1 N–H and O–H groups in total. The van der Waals surface area contributed by atoms with Gasteiger partial charge in [0.05, 0.1) is 30.7 Å². The van der Waals surface area contributed by atoms with E-state index >= 15 is 0 Å². The molecule has 0 atom stereocenters. The number of H-pyrrole nitrogens is 1. The van der Waals surface area contributed by atoms with Crippen LogP contribution in [0.15, 0.2) is 30.5 Å². The van der Waals surface area contributed by atoms with Crippen molar-refractivity contribution in [3.05, 3.63) is 42.0 Å². The Morgan fingerprint density at radius 2 is 2.29 bits per heavy atom. The Kier molecular flexibility index (Phi) is 2.48. The number of hydrogen-bond acceptors (Lipinski definition) is 3. The van der Waals surface area contributed by atoms with Gasteiger partial charge in [0.2, 0.25) is 0 Å². The molecule has 0 spiro atoms. The molecule has 0 radical (unpaired) electrons. The number of imidazole rings is 1. The molecule has 3 rings (SSSR count). The highest BCUT2D eigenvalue weighted by Gasteiger charge is 2.17. The molecule has 0 saturated carbocycles. The maximum absolute atomic E-state index is 5.63. The lowest BCUT2D eigenvalue weighted by molar-refractivity contribution is 0.306. The Balaban J connectivity index is 1.85. The van der Waals surface area contributed by atoms with E-state index in [0.29, 0.717) is 0 Å². The van der Waals surface area contributed by atoms with E-state index < -0.39 is 0 Å². The number of aryl methyl sites for hydroxylation is 1. The summed E-state index contributed by atoms with van der Waals surface area (Å²) in [7, 11) is 0. The molecular weight excluding hydrogens is 214 g/mol. The van der Waals surface area contributed by atoms with Crippen LogP contribution in [0.5, 0.6) is 5.75 Å². The van der Waals surface area contributed by atoms with Gasteiger partial charge in [0, 0.05) is 0 Å². The van der Waals surface area contributed by atoms with Crippen LogP contribution in [0.2, 0.25) is 0 Å². The predicted octanol–water partition coefficient (Wildman–Crippen LogP) is 2.12. The van der Waals surface area contributed by atoms with Gasteiger partial charge in [0.15, 0.2) is 0 Å². The Morgan fingerprint density at radius 1 is 1.41 bits per heavy atom. The number of aromatic nitrogens is 2. The first-order chi connectivity index (χ1) is 8.33. The number of anilines is 1. The van der Waals surface area contributed by atoms with Crippen LogP contribution in [0.1, 0.15) is 11.5 Å². The maximum Gasteiger partial charge on any atom is 0.142 e. The van der Waals surface area contributed by atoms with Crippen molar-refractivity contribution >= 4 is 5.69 Å². The number of para-hydroxylation sites is 2. The minimum absolute atomic E-state index is 0.740. The number of hydrogen-bond donors (Lipinski definition) is 1. The average molecular weight is 229 g/mol. The van der Waals surface area contributed by atoms with Crippen LogP contribution in [0, 0.1) is 6.92 Å². The standard InChI is InChI=1S/C13H15N3O/c1-10-14-8-11(15-10)9-16-6-7-17-13-5-3-2-4-12(13)16/h2-5,8H,6-7,9H2,1H3,(H,14,15). The number of ether oxygens (including phenoxy) is 1. The minimum Gasteiger partial charge on any atom is -0.490 e. The van der Waals surface area contributed by atoms with Crippen LogP contribution in [0.4, 0.5) is 5.69 Å². The first kappa shape index (κ1) is 10.2. The van der Waals surface area contributed by atoms with Crippen LogP contribution in [0.25, 0.3) is 0 Å². The normalized spacial score (nSPS) is 14.3.